The molecule has 0 amide bonds. The normalized spacial score (nSPS) is 22.3. The van der Waals surface area contributed by atoms with Crippen LogP contribution in [0, 0.1) is 35.3 Å². The minimum Gasteiger partial charge on any atom is -0.375 e. The minimum absolute atomic E-state index is 0.0780. The Labute approximate surface area is 180 Å². The minimum atomic E-state index is -0.495. The van der Waals surface area contributed by atoms with Crippen LogP contribution >= 0.6 is 11.6 Å². The average Bonchev–Trinajstić information content (AvgIpc) is 2.78. The number of Topliss-reactive ketones (excluding diaryl/α,β-unsaturated/α-hetero) is 1. The molecule has 2 atom stereocenters. The number of aryl methyl sites for hydroxylation is 2. The number of hydrogen-bond acceptors (Lipinski definition) is 5. The summed E-state index contributed by atoms with van der Waals surface area (Å²) in [6.07, 6.45) is 1.14. The lowest BCUT2D eigenvalue weighted by atomic mass is 9.68. The van der Waals surface area contributed by atoms with Crippen LogP contribution in [0.5, 0.6) is 0 Å². The van der Waals surface area contributed by atoms with E-state index in [9.17, 15) is 14.9 Å². The first kappa shape index (κ1) is 20.5. The van der Waals surface area contributed by atoms with Crippen LogP contribution in [0.3, 0.4) is 0 Å². The number of fused-ring (bicyclic) bond motifs is 2. The number of carbonyl (C=O) groups excluding carboxylic acids is 1. The number of aliphatic imine (C=N–C) groups is 1. The Morgan fingerprint density at radius 3 is 2.57 bits per heavy atom. The number of benzene rings is 2. The predicted octanol–water partition coefficient (Wildman–Crippen LogP) is 6.11. The molecule has 0 radical (unpaired) electrons. The number of ketones is 1. The van der Waals surface area contributed by atoms with Gasteiger partial charge in [-0.05, 0) is 60.6 Å². The monoisotopic (exact) mass is 425 g/mol. The van der Waals surface area contributed by atoms with Gasteiger partial charge in [-0.2, -0.15) is 0 Å². The van der Waals surface area contributed by atoms with E-state index in [2.05, 4.69) is 19.2 Å². The van der Waals surface area contributed by atoms with Crippen LogP contribution in [0.1, 0.15) is 49.4 Å². The highest BCUT2D eigenvalue weighted by atomic mass is 35.5. The van der Waals surface area contributed by atoms with Crippen LogP contribution in [-0.2, 0) is 4.79 Å². The Morgan fingerprint density at radius 2 is 1.87 bits per heavy atom. The van der Waals surface area contributed by atoms with Crippen molar-refractivity contribution in [2.45, 2.75) is 46.6 Å². The molecule has 4 rings (SSSR count). The third kappa shape index (κ3) is 3.60. The van der Waals surface area contributed by atoms with Crippen molar-refractivity contribution in [2.75, 3.05) is 5.32 Å². The molecular weight excluding hydrogens is 402 g/mol. The zero-order chi connectivity index (χ0) is 21.8. The molecular formula is C23H24ClN3O3. The van der Waals surface area contributed by atoms with Gasteiger partial charge in [-0.1, -0.05) is 31.5 Å². The van der Waals surface area contributed by atoms with Gasteiger partial charge in [-0.15, -0.1) is 0 Å². The van der Waals surface area contributed by atoms with Gasteiger partial charge in [0.15, 0.2) is 0 Å². The Hall–Kier alpha value is -2.73. The molecule has 0 bridgehead atoms. The van der Waals surface area contributed by atoms with Gasteiger partial charge < -0.3 is 5.32 Å². The van der Waals surface area contributed by atoms with E-state index < -0.39 is 16.9 Å². The highest BCUT2D eigenvalue weighted by Gasteiger charge is 2.44. The SMILES string of the molecule is Cc1cc2c(cc1C)NC(c1ccc(Cl)c([N+](=O)[O-])c1)C1C(=O)CC(C)(C)CC1=N2. The molecule has 0 aromatic heterocycles. The zero-order valence-electron chi connectivity index (χ0n) is 17.5. The summed E-state index contributed by atoms with van der Waals surface area (Å²) in [4.78, 5) is 29.2. The van der Waals surface area contributed by atoms with Crippen molar-refractivity contribution in [1.29, 1.82) is 0 Å². The summed E-state index contributed by atoms with van der Waals surface area (Å²) in [6, 6.07) is 8.35. The van der Waals surface area contributed by atoms with Gasteiger partial charge >= 0.3 is 0 Å². The Balaban J connectivity index is 1.91. The van der Waals surface area contributed by atoms with E-state index in [1.807, 2.05) is 26.0 Å². The fourth-order valence-electron chi connectivity index (χ4n) is 4.47. The lowest BCUT2D eigenvalue weighted by Crippen LogP contribution is -2.42. The van der Waals surface area contributed by atoms with E-state index >= 15 is 0 Å². The molecule has 2 unspecified atom stereocenters. The molecule has 0 saturated heterocycles. The first-order valence-corrected chi connectivity index (χ1v) is 10.4. The summed E-state index contributed by atoms with van der Waals surface area (Å²) < 4.78 is 0. The van der Waals surface area contributed by atoms with Crippen molar-refractivity contribution in [1.82, 2.24) is 0 Å². The maximum atomic E-state index is 13.3. The van der Waals surface area contributed by atoms with Crippen LogP contribution in [0.25, 0.3) is 0 Å². The number of carbonyl (C=O) groups is 1. The third-order valence-electron chi connectivity index (χ3n) is 6.06. The number of anilines is 1. The van der Waals surface area contributed by atoms with Crippen LogP contribution in [0.2, 0.25) is 5.02 Å². The molecule has 156 valence electrons. The van der Waals surface area contributed by atoms with Crippen molar-refractivity contribution in [3.05, 3.63) is 62.2 Å². The quantitative estimate of drug-likeness (QED) is 0.464. The molecule has 6 nitrogen and oxygen atoms in total. The number of nitrogens with zero attached hydrogens (tertiary/aromatic N) is 2. The molecule has 2 aromatic carbocycles. The first-order valence-electron chi connectivity index (χ1n) is 9.97. The van der Waals surface area contributed by atoms with Gasteiger partial charge in [0.25, 0.3) is 5.69 Å². The van der Waals surface area contributed by atoms with Crippen LogP contribution < -0.4 is 5.32 Å². The molecule has 2 aliphatic rings. The van der Waals surface area contributed by atoms with Crippen LogP contribution in [-0.4, -0.2) is 16.4 Å². The van der Waals surface area contributed by atoms with E-state index in [0.29, 0.717) is 18.4 Å². The van der Waals surface area contributed by atoms with E-state index in [-0.39, 0.29) is 21.9 Å². The maximum absolute atomic E-state index is 13.3. The number of nitro benzene ring substituents is 1. The zero-order valence-corrected chi connectivity index (χ0v) is 18.2. The molecule has 1 heterocycles. The number of halogens is 1. The fourth-order valence-corrected chi connectivity index (χ4v) is 4.66. The third-order valence-corrected chi connectivity index (χ3v) is 6.38. The van der Waals surface area contributed by atoms with E-state index in [1.165, 1.54) is 12.1 Å². The topological polar surface area (TPSA) is 84.6 Å². The fraction of sp³-hybridized carbons (Fsp3) is 0.391. The van der Waals surface area contributed by atoms with E-state index in [1.54, 1.807) is 6.07 Å². The summed E-state index contributed by atoms with van der Waals surface area (Å²) in [5, 5.41) is 15.0. The molecule has 1 fully saturated rings. The molecule has 30 heavy (non-hydrogen) atoms. The summed E-state index contributed by atoms with van der Waals surface area (Å²) in [6.45, 7) is 8.21. The summed E-state index contributed by atoms with van der Waals surface area (Å²) in [7, 11) is 0. The Bertz CT molecular complexity index is 1110. The standard InChI is InChI=1S/C23H24ClN3O3/c1-12-7-16-17(8-13(12)2)26-22(14-5-6-15(24)19(9-14)27(29)30)21-18(25-16)10-23(3,4)11-20(21)28/h5-9,21-22,26H,10-11H2,1-4H3. The lowest BCUT2D eigenvalue weighted by molar-refractivity contribution is -0.384. The van der Waals surface area contributed by atoms with Gasteiger partial charge in [0.1, 0.15) is 10.8 Å². The summed E-state index contributed by atoms with van der Waals surface area (Å²) >= 11 is 6.03. The Morgan fingerprint density at radius 1 is 1.17 bits per heavy atom. The average molecular weight is 426 g/mol. The number of hydrogen-bond donors (Lipinski definition) is 1. The van der Waals surface area contributed by atoms with E-state index in [4.69, 9.17) is 16.6 Å². The number of nitrogens with one attached hydrogen (secondary N) is 1. The van der Waals surface area contributed by atoms with Gasteiger partial charge in [-0.25, -0.2) is 0 Å². The van der Waals surface area contributed by atoms with Crippen LogP contribution in [0.4, 0.5) is 17.1 Å². The Kier molecular flexibility index (Phi) is 4.93. The highest BCUT2D eigenvalue weighted by molar-refractivity contribution is 6.32. The largest absolute Gasteiger partial charge is 0.375 e. The second kappa shape index (κ2) is 7.20. The van der Waals surface area contributed by atoms with E-state index in [0.717, 1.165) is 28.2 Å². The van der Waals surface area contributed by atoms with Gasteiger partial charge in [0.05, 0.1) is 28.3 Å². The molecule has 1 aliphatic heterocycles. The summed E-state index contributed by atoms with van der Waals surface area (Å²) in [5.41, 5.74) is 5.01. The molecule has 7 heteroatoms. The van der Waals surface area contributed by atoms with Gasteiger partial charge in [0.2, 0.25) is 0 Å². The van der Waals surface area contributed by atoms with Crippen molar-refractivity contribution < 1.29 is 9.72 Å². The smallest absolute Gasteiger partial charge is 0.288 e. The molecule has 1 saturated carbocycles. The summed E-state index contributed by atoms with van der Waals surface area (Å²) in [5.74, 6) is -0.381. The van der Waals surface area contributed by atoms with Gasteiger partial charge in [0, 0.05) is 18.2 Å². The lowest BCUT2D eigenvalue weighted by Gasteiger charge is -2.37. The van der Waals surface area contributed by atoms with Gasteiger partial charge in [-0.3, -0.25) is 19.9 Å². The second-order valence-electron chi connectivity index (χ2n) is 9.11. The molecule has 1 aliphatic carbocycles. The molecule has 2 aromatic rings. The maximum Gasteiger partial charge on any atom is 0.288 e. The van der Waals surface area contributed by atoms with Crippen molar-refractivity contribution in [3.63, 3.8) is 0 Å². The van der Waals surface area contributed by atoms with Crippen LogP contribution in [0.15, 0.2) is 35.3 Å². The number of nitro groups is 1. The van der Waals surface area contributed by atoms with Crippen molar-refractivity contribution in [3.8, 4) is 0 Å². The highest BCUT2D eigenvalue weighted by Crippen LogP contribution is 2.46. The predicted molar refractivity (Wildman–Crippen MR) is 119 cm³/mol. The molecule has 1 N–H and O–H groups in total. The van der Waals surface area contributed by atoms with Crippen molar-refractivity contribution >= 4 is 40.2 Å². The number of rotatable bonds is 2. The molecule has 0 spiro atoms. The van der Waals surface area contributed by atoms with Crippen molar-refractivity contribution in [2.24, 2.45) is 16.3 Å². The second-order valence-corrected chi connectivity index (χ2v) is 9.52. The first-order chi connectivity index (χ1) is 14.1.